The molecule has 0 saturated carbocycles. The number of carbonyl (C=O) groups is 1. The van der Waals surface area contributed by atoms with Crippen LogP contribution in [0.1, 0.15) is 219 Å². The molecule has 47 heavy (non-hydrogen) atoms. The molecule has 0 spiro atoms. The van der Waals surface area contributed by atoms with E-state index in [0.29, 0.717) is 19.5 Å². The van der Waals surface area contributed by atoms with E-state index >= 15 is 0 Å². The average molecular weight is 674 g/mol. The van der Waals surface area contributed by atoms with Crippen molar-refractivity contribution in [3.8, 4) is 0 Å². The van der Waals surface area contributed by atoms with Crippen LogP contribution in [0.5, 0.6) is 0 Å². The maximum Gasteiger partial charge on any atom is 0.303 e. The zero-order valence-electron chi connectivity index (χ0n) is 32.0. The van der Waals surface area contributed by atoms with E-state index in [9.17, 15) is 4.79 Å². The molecule has 7 N–H and O–H groups in total. The van der Waals surface area contributed by atoms with Crippen LogP contribution in [0.25, 0.3) is 0 Å². The predicted octanol–water partition coefficient (Wildman–Crippen LogP) is 10.6. The first kappa shape index (κ1) is 50.6. The van der Waals surface area contributed by atoms with Gasteiger partial charge in [-0.25, -0.2) is 0 Å². The van der Waals surface area contributed by atoms with Crippen LogP contribution in [0.3, 0.4) is 0 Å². The lowest BCUT2D eigenvalue weighted by atomic mass is 10.0. The van der Waals surface area contributed by atoms with E-state index in [4.69, 9.17) is 21.2 Å². The Kier molecular flexibility index (Phi) is 56.1. The van der Waals surface area contributed by atoms with Gasteiger partial charge >= 0.3 is 5.97 Å². The zero-order chi connectivity index (χ0) is 35.2. The molecule has 0 atom stereocenters. The first-order valence-corrected chi connectivity index (χ1v) is 20.7. The summed E-state index contributed by atoms with van der Waals surface area (Å²) in [6, 6.07) is 0. The van der Waals surface area contributed by atoms with Crippen molar-refractivity contribution in [2.45, 2.75) is 219 Å². The highest BCUT2D eigenvalue weighted by molar-refractivity contribution is 5.66. The lowest BCUT2D eigenvalue weighted by Crippen LogP contribution is -2.22. The molecule has 0 heterocycles. The summed E-state index contributed by atoms with van der Waals surface area (Å²) < 4.78 is 0. The van der Waals surface area contributed by atoms with Crippen molar-refractivity contribution in [1.82, 2.24) is 10.7 Å². The molecule has 0 aliphatic rings. The number of nitrogens with one attached hydrogen (secondary N) is 2. The Morgan fingerprint density at radius 3 is 0.915 bits per heavy atom. The van der Waals surface area contributed by atoms with Crippen LogP contribution >= 0.6 is 0 Å². The predicted molar refractivity (Wildman–Crippen MR) is 206 cm³/mol. The molecule has 7 nitrogen and oxygen atoms in total. The molecule has 0 aliphatic carbocycles. The van der Waals surface area contributed by atoms with Gasteiger partial charge in [0.2, 0.25) is 0 Å². The fourth-order valence-corrected chi connectivity index (χ4v) is 5.71. The van der Waals surface area contributed by atoms with Crippen LogP contribution in [0, 0.1) is 0 Å². The molecule has 0 unspecified atom stereocenters. The Morgan fingerprint density at radius 1 is 0.426 bits per heavy atom. The van der Waals surface area contributed by atoms with E-state index < -0.39 is 5.97 Å². The van der Waals surface area contributed by atoms with Gasteiger partial charge in [0.05, 0.1) is 13.2 Å². The van der Waals surface area contributed by atoms with Gasteiger partial charge in [-0.2, -0.15) is 0 Å². The first-order chi connectivity index (χ1) is 23.1. The van der Waals surface area contributed by atoms with E-state index in [1.165, 1.54) is 186 Å². The molecule has 0 bridgehead atoms. The van der Waals surface area contributed by atoms with Gasteiger partial charge in [-0.05, 0) is 12.8 Å². The van der Waals surface area contributed by atoms with E-state index in [0.717, 1.165) is 19.4 Å². The lowest BCUT2D eigenvalue weighted by Gasteiger charge is -2.03. The third-order valence-corrected chi connectivity index (χ3v) is 8.75. The van der Waals surface area contributed by atoms with Crippen molar-refractivity contribution >= 4 is 5.97 Å². The minimum atomic E-state index is -0.653. The average Bonchev–Trinajstić information content (AvgIpc) is 3.07. The monoisotopic (exact) mass is 674 g/mol. The molecule has 0 radical (unpaired) electrons. The number of nitrogens with two attached hydrogens (primary N) is 1. The van der Waals surface area contributed by atoms with Crippen molar-refractivity contribution < 1.29 is 20.1 Å². The molecule has 0 saturated heterocycles. The zero-order valence-corrected chi connectivity index (χ0v) is 32.0. The summed E-state index contributed by atoms with van der Waals surface area (Å²) in [4.78, 5) is 10.3. The Bertz CT molecular complexity index is 504. The summed E-state index contributed by atoms with van der Waals surface area (Å²) in [7, 11) is 0. The molecule has 0 aromatic carbocycles. The topological polar surface area (TPSA) is 128 Å². The van der Waals surface area contributed by atoms with Crippen LogP contribution in [0.2, 0.25) is 0 Å². The van der Waals surface area contributed by atoms with Crippen molar-refractivity contribution in [3.63, 3.8) is 0 Å². The highest BCUT2D eigenvalue weighted by Gasteiger charge is 1.97. The Morgan fingerprint density at radius 2 is 0.681 bits per heavy atom. The molecule has 0 fully saturated rings. The third-order valence-electron chi connectivity index (χ3n) is 8.75. The molecule has 0 aliphatic heterocycles. The van der Waals surface area contributed by atoms with Crippen LogP contribution in [0.15, 0.2) is 0 Å². The third kappa shape index (κ3) is 61.0. The van der Waals surface area contributed by atoms with Crippen LogP contribution in [-0.2, 0) is 4.79 Å². The molecule has 286 valence electrons. The van der Waals surface area contributed by atoms with Crippen molar-refractivity contribution in [2.24, 2.45) is 5.84 Å². The lowest BCUT2D eigenvalue weighted by molar-refractivity contribution is -0.137. The maximum atomic E-state index is 10.3. The van der Waals surface area contributed by atoms with Crippen LogP contribution in [-0.4, -0.2) is 54.1 Å². The quantitative estimate of drug-likeness (QED) is 0.0220. The summed E-state index contributed by atoms with van der Waals surface area (Å²) in [5, 5.41) is 27.6. The van der Waals surface area contributed by atoms with Gasteiger partial charge in [0, 0.05) is 26.1 Å². The van der Waals surface area contributed by atoms with Gasteiger partial charge in [0.25, 0.3) is 0 Å². The molecule has 0 aromatic heterocycles. The maximum absolute atomic E-state index is 10.3. The summed E-state index contributed by atoms with van der Waals surface area (Å²) in [6.07, 6.45) is 43.0. The number of aliphatic hydroxyl groups excluding tert-OH is 2. The SMILES string of the molecule is CCCCCCCCCCCCCCCCCC(=O)O.CCCCCCCCCCCCCCCCCCNN.OCCNCCO. The summed E-state index contributed by atoms with van der Waals surface area (Å²) in [5.74, 6) is 4.59. The van der Waals surface area contributed by atoms with Gasteiger partial charge in [-0.15, -0.1) is 0 Å². The first-order valence-electron chi connectivity index (χ1n) is 20.7. The second-order valence-electron chi connectivity index (χ2n) is 13.5. The molecule has 7 heteroatoms. The number of hydrogen-bond donors (Lipinski definition) is 6. The molecular weight excluding hydrogens is 586 g/mol. The van der Waals surface area contributed by atoms with Gasteiger partial charge in [0.15, 0.2) is 0 Å². The van der Waals surface area contributed by atoms with Crippen LogP contribution < -0.4 is 16.6 Å². The van der Waals surface area contributed by atoms with Gasteiger partial charge < -0.3 is 20.6 Å². The van der Waals surface area contributed by atoms with Gasteiger partial charge in [0.1, 0.15) is 0 Å². The van der Waals surface area contributed by atoms with Crippen molar-refractivity contribution in [2.75, 3.05) is 32.8 Å². The second kappa shape index (κ2) is 52.1. The number of aliphatic hydroxyl groups is 2. The van der Waals surface area contributed by atoms with Crippen LogP contribution in [0.4, 0.5) is 0 Å². The highest BCUT2D eigenvalue weighted by atomic mass is 16.4. The fourth-order valence-electron chi connectivity index (χ4n) is 5.71. The number of carboxylic acid groups (broad SMARTS) is 1. The normalized spacial score (nSPS) is 10.7. The Labute approximate surface area is 294 Å². The largest absolute Gasteiger partial charge is 0.481 e. The number of unbranched alkanes of at least 4 members (excludes halogenated alkanes) is 29. The minimum Gasteiger partial charge on any atom is -0.481 e. The summed E-state index contributed by atoms with van der Waals surface area (Å²) >= 11 is 0. The highest BCUT2D eigenvalue weighted by Crippen LogP contribution is 2.15. The van der Waals surface area contributed by atoms with Gasteiger partial charge in [-0.1, -0.05) is 200 Å². The van der Waals surface area contributed by atoms with E-state index in [2.05, 4.69) is 24.6 Å². The minimum absolute atomic E-state index is 0.139. The standard InChI is InChI=1S/C18H40N2.C18H36O2.C4H11NO2/c1-2-3-4-5-6-7-8-9-10-11-12-13-14-15-16-17-18-20-19;1-2-3-4-5-6-7-8-9-10-11-12-13-14-15-16-17-18(19)20;6-3-1-5-2-4-7/h20H,2-19H2,1H3;2-17H2,1H3,(H,19,20);5-7H,1-4H2. The number of carboxylic acids is 1. The van der Waals surface area contributed by atoms with Crippen molar-refractivity contribution in [3.05, 3.63) is 0 Å². The molecule has 0 rings (SSSR count). The van der Waals surface area contributed by atoms with Gasteiger partial charge in [-0.3, -0.25) is 16.1 Å². The number of rotatable bonds is 37. The Hall–Kier alpha value is -0.730. The molecular formula is C40H87N3O4. The Balaban J connectivity index is -0.000000685. The van der Waals surface area contributed by atoms with E-state index in [1.807, 2.05) is 0 Å². The fraction of sp³-hybridized carbons (Fsp3) is 0.975. The number of aliphatic carboxylic acids is 1. The smallest absolute Gasteiger partial charge is 0.303 e. The summed E-state index contributed by atoms with van der Waals surface area (Å²) in [6.45, 7) is 6.95. The van der Waals surface area contributed by atoms with E-state index in [-0.39, 0.29) is 13.2 Å². The van der Waals surface area contributed by atoms with Crippen molar-refractivity contribution in [1.29, 1.82) is 0 Å². The number of hydrogen-bond acceptors (Lipinski definition) is 6. The molecule has 0 aromatic rings. The molecule has 0 amide bonds. The summed E-state index contributed by atoms with van der Waals surface area (Å²) in [5.41, 5.74) is 2.72. The van der Waals surface area contributed by atoms with E-state index in [1.54, 1.807) is 0 Å². The number of hydrazine groups is 1. The second-order valence-corrected chi connectivity index (χ2v) is 13.5.